The molecule has 10 atom stereocenters. The van der Waals surface area contributed by atoms with E-state index in [1.54, 1.807) is 12.1 Å². The Morgan fingerprint density at radius 2 is 1.60 bits per heavy atom. The maximum atomic E-state index is 13.0. The lowest BCUT2D eigenvalue weighted by Crippen LogP contribution is -2.66. The predicted octanol–water partition coefficient (Wildman–Crippen LogP) is 9.70. The van der Waals surface area contributed by atoms with Gasteiger partial charge in [-0.3, -0.25) is 0 Å². The Labute approximate surface area is 260 Å². The Morgan fingerprint density at radius 1 is 0.860 bits per heavy atom. The molecular formula is C39H56O4. The first-order valence-electron chi connectivity index (χ1n) is 17.1. The van der Waals surface area contributed by atoms with Crippen LogP contribution in [0.3, 0.4) is 0 Å². The van der Waals surface area contributed by atoms with E-state index in [-0.39, 0.29) is 34.4 Å². The van der Waals surface area contributed by atoms with Gasteiger partial charge < -0.3 is 14.9 Å². The number of phenols is 2. The summed E-state index contributed by atoms with van der Waals surface area (Å²) in [4.78, 5) is 13.0. The van der Waals surface area contributed by atoms with Gasteiger partial charge in [-0.05, 0) is 146 Å². The summed E-state index contributed by atoms with van der Waals surface area (Å²) in [5.41, 5.74) is 3.40. The summed E-state index contributed by atoms with van der Waals surface area (Å²) in [6, 6.07) is 4.54. The molecule has 4 heteroatoms. The van der Waals surface area contributed by atoms with Gasteiger partial charge in [0.25, 0.3) is 0 Å². The zero-order valence-corrected chi connectivity index (χ0v) is 27.8. The van der Waals surface area contributed by atoms with Crippen molar-refractivity contribution in [3.8, 4) is 11.5 Å². The molecule has 43 heavy (non-hydrogen) atoms. The fourth-order valence-corrected chi connectivity index (χ4v) is 12.7. The van der Waals surface area contributed by atoms with Crippen molar-refractivity contribution in [1.82, 2.24) is 0 Å². The molecule has 0 amide bonds. The van der Waals surface area contributed by atoms with E-state index in [9.17, 15) is 15.0 Å². The van der Waals surface area contributed by atoms with Gasteiger partial charge in [-0.15, -0.1) is 0 Å². The molecule has 0 bridgehead atoms. The van der Waals surface area contributed by atoms with E-state index in [1.165, 1.54) is 75.1 Å². The summed E-state index contributed by atoms with van der Waals surface area (Å²) < 4.78 is 6.19. The van der Waals surface area contributed by atoms with E-state index >= 15 is 0 Å². The van der Waals surface area contributed by atoms with Crippen molar-refractivity contribution in [2.75, 3.05) is 0 Å². The second kappa shape index (κ2) is 10.1. The number of fused-ring (bicyclic) bond motifs is 7. The molecule has 5 fully saturated rings. The maximum Gasteiger partial charge on any atom is 0.331 e. The highest BCUT2D eigenvalue weighted by molar-refractivity contribution is 5.87. The molecule has 2 N–H and O–H groups in total. The highest BCUT2D eigenvalue weighted by Crippen LogP contribution is 2.77. The van der Waals surface area contributed by atoms with E-state index in [0.29, 0.717) is 39.6 Å². The van der Waals surface area contributed by atoms with Crippen molar-refractivity contribution in [3.05, 3.63) is 42.0 Å². The zero-order valence-electron chi connectivity index (χ0n) is 27.8. The smallest absolute Gasteiger partial charge is 0.331 e. The van der Waals surface area contributed by atoms with Crippen molar-refractivity contribution >= 4 is 12.0 Å². The Balaban J connectivity index is 1.22. The Kier molecular flexibility index (Phi) is 7.26. The molecule has 1 aromatic carbocycles. The molecule has 5 aliphatic carbocycles. The van der Waals surface area contributed by atoms with E-state index in [4.69, 9.17) is 4.74 Å². The summed E-state index contributed by atoms with van der Waals surface area (Å²) in [5, 5.41) is 19.4. The van der Waals surface area contributed by atoms with Crippen LogP contribution in [-0.2, 0) is 9.53 Å². The van der Waals surface area contributed by atoms with E-state index in [2.05, 4.69) is 55.0 Å². The van der Waals surface area contributed by atoms with Crippen LogP contribution >= 0.6 is 0 Å². The van der Waals surface area contributed by atoms with Crippen LogP contribution in [0.25, 0.3) is 6.08 Å². The van der Waals surface area contributed by atoms with Crippen molar-refractivity contribution in [1.29, 1.82) is 0 Å². The Bertz CT molecular complexity index is 1330. The number of hydrogen-bond acceptors (Lipinski definition) is 4. The molecule has 0 aromatic heterocycles. The topological polar surface area (TPSA) is 66.8 Å². The van der Waals surface area contributed by atoms with Crippen molar-refractivity contribution in [2.24, 2.45) is 56.7 Å². The van der Waals surface area contributed by atoms with Gasteiger partial charge in [0.05, 0.1) is 0 Å². The minimum Gasteiger partial charge on any atom is -0.504 e. The average molecular weight is 589 g/mol. The third kappa shape index (κ3) is 4.46. The molecule has 0 saturated heterocycles. The molecule has 5 saturated carbocycles. The number of allylic oxidation sites excluding steroid dienone is 1. The number of benzene rings is 1. The Morgan fingerprint density at radius 3 is 2.30 bits per heavy atom. The van der Waals surface area contributed by atoms with Crippen molar-refractivity contribution in [3.63, 3.8) is 0 Å². The number of carbonyl (C=O) groups excluding carboxylic acids is 1. The van der Waals surface area contributed by atoms with E-state index < -0.39 is 0 Å². The van der Waals surface area contributed by atoms with Crippen LogP contribution in [0.15, 0.2) is 36.4 Å². The van der Waals surface area contributed by atoms with Gasteiger partial charge >= 0.3 is 5.97 Å². The second-order valence-electron chi connectivity index (χ2n) is 17.2. The van der Waals surface area contributed by atoms with Gasteiger partial charge in [0.1, 0.15) is 6.10 Å². The van der Waals surface area contributed by atoms with Crippen LogP contribution in [-0.4, -0.2) is 22.3 Å². The summed E-state index contributed by atoms with van der Waals surface area (Å²) >= 11 is 0. The average Bonchev–Trinajstić information content (AvgIpc) is 3.29. The van der Waals surface area contributed by atoms with Gasteiger partial charge in [-0.25, -0.2) is 4.79 Å². The number of phenolic OH excluding ortho intramolecular Hbond substituents is 2. The first kappa shape index (κ1) is 30.8. The minimum atomic E-state index is -0.336. The first-order valence-corrected chi connectivity index (χ1v) is 17.1. The zero-order chi connectivity index (χ0) is 31.2. The third-order valence-corrected chi connectivity index (χ3v) is 15.1. The molecule has 236 valence electrons. The number of hydrogen-bond donors (Lipinski definition) is 2. The summed E-state index contributed by atoms with van der Waals surface area (Å²) in [7, 11) is 0. The van der Waals surface area contributed by atoms with Gasteiger partial charge in [0, 0.05) is 11.5 Å². The van der Waals surface area contributed by atoms with Crippen LogP contribution in [0.1, 0.15) is 118 Å². The van der Waals surface area contributed by atoms with Crippen LogP contribution in [0.2, 0.25) is 0 Å². The fraction of sp³-hybridized carbons (Fsp3) is 0.718. The normalized spacial score (nSPS) is 45.0. The van der Waals surface area contributed by atoms with Crippen LogP contribution in [0.5, 0.6) is 11.5 Å². The summed E-state index contributed by atoms with van der Waals surface area (Å²) in [6.07, 6.45) is 15.6. The lowest BCUT2D eigenvalue weighted by atomic mass is 9.32. The van der Waals surface area contributed by atoms with Crippen LogP contribution in [0, 0.1) is 56.7 Å². The lowest BCUT2D eigenvalue weighted by Gasteiger charge is -2.73. The molecule has 6 rings (SSSR count). The third-order valence-electron chi connectivity index (χ3n) is 15.1. The number of rotatable bonds is 4. The monoisotopic (exact) mass is 588 g/mol. The SMILES string of the molecule is C=C(C)[C@@H]1CC[C@]2(C)CC[C@]3(C)C(CC[C@@H]4[C@@]5(C)CC[C@H](OC(=O)C=Cc6ccc(O)c(O)c6)C(C)(C)[C@@H]5CC[C@@]43C)[C@H]12. The molecule has 0 spiro atoms. The van der Waals surface area contributed by atoms with Crippen molar-refractivity contribution in [2.45, 2.75) is 119 Å². The predicted molar refractivity (Wildman–Crippen MR) is 173 cm³/mol. The fourth-order valence-electron chi connectivity index (χ4n) is 12.7. The largest absolute Gasteiger partial charge is 0.504 e. The number of aromatic hydroxyl groups is 2. The number of esters is 1. The summed E-state index contributed by atoms with van der Waals surface area (Å²) in [6.45, 7) is 22.1. The molecule has 0 heterocycles. The lowest BCUT2D eigenvalue weighted by molar-refractivity contribution is -0.248. The van der Waals surface area contributed by atoms with Crippen molar-refractivity contribution < 1.29 is 19.7 Å². The standard InChI is InChI=1S/C39H56O4/c1-24(2)26-15-18-36(5)21-22-38(7)27(34(26)36)11-13-31-37(6)19-17-32(35(3,4)30(37)16-20-39(31,38)8)43-33(42)14-10-25-9-12-28(40)29(41)23-25/h9-10,12,14,23,26-27,30-32,34,40-41H,1,11,13,15-22H2,2-8H3/t26-,27?,30-,31+,32-,34-,36+,37-,38+,39-/m0/s1. The quantitative estimate of drug-likeness (QED) is 0.159. The molecule has 4 nitrogen and oxygen atoms in total. The molecule has 1 unspecified atom stereocenters. The maximum absolute atomic E-state index is 13.0. The van der Waals surface area contributed by atoms with Crippen LogP contribution in [0.4, 0.5) is 0 Å². The van der Waals surface area contributed by atoms with E-state index in [1.807, 2.05) is 0 Å². The van der Waals surface area contributed by atoms with Gasteiger partial charge in [0.15, 0.2) is 11.5 Å². The molecule has 1 aromatic rings. The Hall–Kier alpha value is -2.23. The second-order valence-corrected chi connectivity index (χ2v) is 17.2. The molecule has 5 aliphatic rings. The van der Waals surface area contributed by atoms with Gasteiger partial charge in [0.2, 0.25) is 0 Å². The number of ether oxygens (including phenoxy) is 1. The van der Waals surface area contributed by atoms with E-state index in [0.717, 1.165) is 24.7 Å². The van der Waals surface area contributed by atoms with Gasteiger partial charge in [-0.2, -0.15) is 0 Å². The van der Waals surface area contributed by atoms with Crippen LogP contribution < -0.4 is 0 Å². The highest BCUT2D eigenvalue weighted by atomic mass is 16.5. The molecular weight excluding hydrogens is 532 g/mol. The highest BCUT2D eigenvalue weighted by Gasteiger charge is 2.70. The number of carbonyl (C=O) groups is 1. The first-order chi connectivity index (χ1) is 20.1. The molecule has 0 aliphatic heterocycles. The summed E-state index contributed by atoms with van der Waals surface area (Å²) in [5.74, 6) is 2.79. The molecule has 0 radical (unpaired) electrons. The minimum absolute atomic E-state index is 0.103. The van der Waals surface area contributed by atoms with Gasteiger partial charge in [-0.1, -0.05) is 59.8 Å².